The maximum atomic E-state index is 12.5. The summed E-state index contributed by atoms with van der Waals surface area (Å²) in [5, 5.41) is 23.4. The van der Waals surface area contributed by atoms with Gasteiger partial charge >= 0.3 is 0 Å². The van der Waals surface area contributed by atoms with Gasteiger partial charge in [0, 0.05) is 44.5 Å². The Labute approximate surface area is 161 Å². The molecule has 140 valence electrons. The van der Waals surface area contributed by atoms with Crippen LogP contribution in [0.1, 0.15) is 11.1 Å². The Bertz CT molecular complexity index is 1080. The van der Waals surface area contributed by atoms with Crippen molar-refractivity contribution in [1.82, 2.24) is 19.5 Å². The highest BCUT2D eigenvalue weighted by atomic mass is 19.1. The van der Waals surface area contributed by atoms with Gasteiger partial charge in [0.1, 0.15) is 29.8 Å². The second-order valence-corrected chi connectivity index (χ2v) is 6.60. The van der Waals surface area contributed by atoms with Gasteiger partial charge in [0.05, 0.1) is 11.6 Å². The molecule has 1 aliphatic rings. The lowest BCUT2D eigenvalue weighted by Crippen LogP contribution is -2.47. The molecule has 2 aromatic heterocycles. The maximum Gasteiger partial charge on any atom is 0.175 e. The van der Waals surface area contributed by atoms with Crippen molar-refractivity contribution in [3.8, 4) is 23.4 Å². The molecule has 3 aromatic rings. The van der Waals surface area contributed by atoms with Crippen molar-refractivity contribution in [3.05, 3.63) is 47.7 Å². The average molecular weight is 375 g/mol. The molecule has 1 fully saturated rings. The molecule has 0 atom stereocenters. The molecule has 1 aromatic carbocycles. The molecule has 0 aliphatic carbocycles. The van der Waals surface area contributed by atoms with Crippen molar-refractivity contribution >= 4 is 11.5 Å². The number of alkyl halides is 1. The van der Waals surface area contributed by atoms with Crippen molar-refractivity contribution in [3.63, 3.8) is 0 Å². The van der Waals surface area contributed by atoms with Crippen LogP contribution in [0, 0.1) is 22.7 Å². The van der Waals surface area contributed by atoms with Crippen molar-refractivity contribution in [1.29, 1.82) is 10.5 Å². The number of benzene rings is 1. The molecular weight excluding hydrogens is 357 g/mol. The third kappa shape index (κ3) is 3.26. The van der Waals surface area contributed by atoms with Crippen LogP contribution >= 0.6 is 0 Å². The SMILES string of the molecule is N#Cc1cccc(-c2nn3ccc(N4CCN(CCF)CC4)nc3c2C#N)c1. The topological polar surface area (TPSA) is 84.2 Å². The number of rotatable bonds is 4. The van der Waals surface area contributed by atoms with E-state index in [1.807, 2.05) is 12.1 Å². The summed E-state index contributed by atoms with van der Waals surface area (Å²) in [6, 6.07) is 13.2. The molecule has 1 saturated heterocycles. The molecular formula is C20H18FN7. The Kier molecular flexibility index (Phi) is 4.88. The molecule has 0 unspecified atom stereocenters. The van der Waals surface area contributed by atoms with Gasteiger partial charge in [-0.25, -0.2) is 13.9 Å². The summed E-state index contributed by atoms with van der Waals surface area (Å²) in [7, 11) is 0. The molecule has 8 heteroatoms. The van der Waals surface area contributed by atoms with E-state index in [1.165, 1.54) is 0 Å². The van der Waals surface area contributed by atoms with Crippen LogP contribution in [0.25, 0.3) is 16.9 Å². The number of halogens is 1. The van der Waals surface area contributed by atoms with Crippen LogP contribution in [0.2, 0.25) is 0 Å². The Morgan fingerprint density at radius 1 is 1.07 bits per heavy atom. The molecule has 0 bridgehead atoms. The lowest BCUT2D eigenvalue weighted by molar-refractivity contribution is 0.235. The van der Waals surface area contributed by atoms with Gasteiger partial charge < -0.3 is 4.90 Å². The van der Waals surface area contributed by atoms with Gasteiger partial charge in [-0.1, -0.05) is 12.1 Å². The molecule has 0 radical (unpaired) electrons. The number of piperazine rings is 1. The lowest BCUT2D eigenvalue weighted by Gasteiger charge is -2.34. The Morgan fingerprint density at radius 3 is 2.61 bits per heavy atom. The molecule has 0 amide bonds. The minimum atomic E-state index is -0.332. The van der Waals surface area contributed by atoms with Crippen molar-refractivity contribution in [2.24, 2.45) is 0 Å². The molecule has 0 saturated carbocycles. The Balaban J connectivity index is 1.69. The van der Waals surface area contributed by atoms with Gasteiger partial charge in [0.15, 0.2) is 5.65 Å². The zero-order chi connectivity index (χ0) is 19.5. The van der Waals surface area contributed by atoms with Gasteiger partial charge in [-0.15, -0.1) is 0 Å². The van der Waals surface area contributed by atoms with Gasteiger partial charge in [0.25, 0.3) is 0 Å². The summed E-state index contributed by atoms with van der Waals surface area (Å²) in [6.45, 7) is 3.22. The first-order chi connectivity index (χ1) is 13.7. The highest BCUT2D eigenvalue weighted by molar-refractivity contribution is 5.76. The van der Waals surface area contributed by atoms with Crippen LogP contribution < -0.4 is 4.90 Å². The van der Waals surface area contributed by atoms with Crippen molar-refractivity contribution in [2.75, 3.05) is 44.3 Å². The number of aromatic nitrogens is 3. The minimum Gasteiger partial charge on any atom is -0.354 e. The quantitative estimate of drug-likeness (QED) is 0.695. The lowest BCUT2D eigenvalue weighted by atomic mass is 10.1. The summed E-state index contributed by atoms with van der Waals surface area (Å²) < 4.78 is 14.1. The molecule has 3 heterocycles. The number of fused-ring (bicyclic) bond motifs is 1. The predicted octanol–water partition coefficient (Wildman–Crippen LogP) is 2.23. The number of hydrogen-bond acceptors (Lipinski definition) is 6. The molecule has 28 heavy (non-hydrogen) atoms. The van der Waals surface area contributed by atoms with E-state index in [1.54, 1.807) is 28.9 Å². The third-order valence-electron chi connectivity index (χ3n) is 4.94. The van der Waals surface area contributed by atoms with Gasteiger partial charge in [-0.3, -0.25) is 4.90 Å². The summed E-state index contributed by atoms with van der Waals surface area (Å²) in [5.41, 5.74) is 2.61. The predicted molar refractivity (Wildman–Crippen MR) is 102 cm³/mol. The van der Waals surface area contributed by atoms with Crippen molar-refractivity contribution < 1.29 is 4.39 Å². The van der Waals surface area contributed by atoms with Crippen LogP contribution in [0.3, 0.4) is 0 Å². The zero-order valence-corrected chi connectivity index (χ0v) is 15.2. The van der Waals surface area contributed by atoms with E-state index in [-0.39, 0.29) is 6.67 Å². The van der Waals surface area contributed by atoms with E-state index in [4.69, 9.17) is 5.26 Å². The van der Waals surface area contributed by atoms with Crippen LogP contribution in [0.15, 0.2) is 36.5 Å². The fourth-order valence-electron chi connectivity index (χ4n) is 3.46. The number of hydrogen-bond donors (Lipinski definition) is 0. The Hall–Kier alpha value is -3.49. The largest absolute Gasteiger partial charge is 0.354 e. The Morgan fingerprint density at radius 2 is 1.89 bits per heavy atom. The normalized spacial score (nSPS) is 14.8. The minimum absolute atomic E-state index is 0.332. The van der Waals surface area contributed by atoms with E-state index in [0.717, 1.165) is 32.0 Å². The van der Waals surface area contributed by atoms with Crippen LogP contribution in [-0.2, 0) is 0 Å². The first kappa shape index (κ1) is 17.9. The van der Waals surface area contributed by atoms with E-state index in [9.17, 15) is 9.65 Å². The summed E-state index contributed by atoms with van der Waals surface area (Å²) in [6.07, 6.45) is 1.80. The van der Waals surface area contributed by atoms with Gasteiger partial charge in [-0.2, -0.15) is 15.6 Å². The number of anilines is 1. The fraction of sp³-hybridized carbons (Fsp3) is 0.300. The summed E-state index contributed by atoms with van der Waals surface area (Å²) >= 11 is 0. The molecule has 0 N–H and O–H groups in total. The van der Waals surface area contributed by atoms with E-state index >= 15 is 0 Å². The summed E-state index contributed by atoms with van der Waals surface area (Å²) in [5.74, 6) is 0.779. The second-order valence-electron chi connectivity index (χ2n) is 6.60. The van der Waals surface area contributed by atoms with Crippen molar-refractivity contribution in [2.45, 2.75) is 0 Å². The van der Waals surface area contributed by atoms with Crippen LogP contribution in [0.4, 0.5) is 10.2 Å². The maximum absolute atomic E-state index is 12.5. The monoisotopic (exact) mass is 375 g/mol. The smallest absolute Gasteiger partial charge is 0.175 e. The fourth-order valence-corrected chi connectivity index (χ4v) is 3.46. The van der Waals surface area contributed by atoms with Gasteiger partial charge in [0.2, 0.25) is 0 Å². The second kappa shape index (κ2) is 7.63. The number of nitriles is 2. The highest BCUT2D eigenvalue weighted by Gasteiger charge is 2.21. The van der Waals surface area contributed by atoms with Crippen LogP contribution in [-0.4, -0.2) is 58.9 Å². The molecule has 7 nitrogen and oxygen atoms in total. The number of nitrogens with zero attached hydrogens (tertiary/aromatic N) is 7. The standard InChI is InChI=1S/C20H18FN7/c21-5-7-26-8-10-27(11-9-26)18-4-6-28-20(24-18)17(14-23)19(25-28)16-3-1-2-15(12-16)13-22/h1-4,6,12H,5,7-11H2. The molecule has 0 spiro atoms. The highest BCUT2D eigenvalue weighted by Crippen LogP contribution is 2.27. The van der Waals surface area contributed by atoms with E-state index in [2.05, 4.69) is 32.0 Å². The first-order valence-electron chi connectivity index (χ1n) is 9.07. The van der Waals surface area contributed by atoms with E-state index in [0.29, 0.717) is 34.6 Å². The third-order valence-corrected chi connectivity index (χ3v) is 4.94. The van der Waals surface area contributed by atoms with Gasteiger partial charge in [-0.05, 0) is 18.2 Å². The van der Waals surface area contributed by atoms with Crippen LogP contribution in [0.5, 0.6) is 0 Å². The van der Waals surface area contributed by atoms with E-state index < -0.39 is 0 Å². The molecule has 1 aliphatic heterocycles. The average Bonchev–Trinajstić information content (AvgIpc) is 3.12. The molecule has 4 rings (SSSR count). The zero-order valence-electron chi connectivity index (χ0n) is 15.2. The summed E-state index contributed by atoms with van der Waals surface area (Å²) in [4.78, 5) is 8.91. The first-order valence-corrected chi connectivity index (χ1v) is 9.07.